The van der Waals surface area contributed by atoms with E-state index in [2.05, 4.69) is 0 Å². The molecule has 0 aliphatic rings. The van der Waals surface area contributed by atoms with Gasteiger partial charge in [0.05, 0.1) is 4.88 Å². The number of hydrogen-bond acceptors (Lipinski definition) is 2. The molecule has 50 valence electrons. The second-order valence-electron chi connectivity index (χ2n) is 1.34. The van der Waals surface area contributed by atoms with Gasteiger partial charge in [-0.05, 0) is 11.4 Å². The van der Waals surface area contributed by atoms with Gasteiger partial charge in [0.1, 0.15) is 0 Å². The first-order chi connectivity index (χ1) is 3.80. The molecule has 1 heterocycles. The number of primary amides is 1. The second-order valence-corrected chi connectivity index (χ2v) is 2.29. The summed E-state index contributed by atoms with van der Waals surface area (Å²) in [4.78, 5) is 10.9. The lowest BCUT2D eigenvalue weighted by Crippen LogP contribution is -2.07. The number of halogens is 1. The molecule has 1 amide bonds. The number of amides is 1. The van der Waals surface area contributed by atoms with E-state index in [1.54, 1.807) is 12.1 Å². The van der Waals surface area contributed by atoms with Crippen LogP contribution in [0.3, 0.4) is 0 Å². The lowest BCUT2D eigenvalue weighted by molar-refractivity contribution is 0.100. The van der Waals surface area contributed by atoms with Crippen molar-refractivity contribution in [1.82, 2.24) is 0 Å². The molecule has 2 nitrogen and oxygen atoms in total. The van der Waals surface area contributed by atoms with E-state index in [0.29, 0.717) is 4.88 Å². The SMILES string of the molecule is Br.NC(=O)c1cccs1. The van der Waals surface area contributed by atoms with Crippen molar-refractivity contribution in [1.29, 1.82) is 0 Å². The van der Waals surface area contributed by atoms with Gasteiger partial charge in [-0.1, -0.05) is 6.07 Å². The quantitative estimate of drug-likeness (QED) is 0.745. The maximum Gasteiger partial charge on any atom is 0.258 e. The van der Waals surface area contributed by atoms with E-state index >= 15 is 0 Å². The van der Waals surface area contributed by atoms with Crippen molar-refractivity contribution in [3.63, 3.8) is 0 Å². The number of rotatable bonds is 1. The van der Waals surface area contributed by atoms with Crippen LogP contribution in [0.4, 0.5) is 0 Å². The molecule has 0 saturated carbocycles. The van der Waals surface area contributed by atoms with Gasteiger partial charge in [-0.15, -0.1) is 28.3 Å². The summed E-state index contributed by atoms with van der Waals surface area (Å²) in [5, 5.41) is 1.82. The zero-order valence-corrected chi connectivity index (χ0v) is 7.06. The van der Waals surface area contributed by atoms with Crippen molar-refractivity contribution >= 4 is 34.2 Å². The molecule has 0 fully saturated rings. The summed E-state index contributed by atoms with van der Waals surface area (Å²) in [6.45, 7) is 0. The molecule has 0 unspecified atom stereocenters. The Balaban J connectivity index is 0.000000640. The fourth-order valence-corrected chi connectivity index (χ4v) is 0.996. The smallest absolute Gasteiger partial charge is 0.258 e. The van der Waals surface area contributed by atoms with Gasteiger partial charge in [-0.3, -0.25) is 4.79 Å². The van der Waals surface area contributed by atoms with E-state index < -0.39 is 0 Å². The summed E-state index contributed by atoms with van der Waals surface area (Å²) < 4.78 is 0. The van der Waals surface area contributed by atoms with Crippen LogP contribution >= 0.6 is 28.3 Å². The fraction of sp³-hybridized carbons (Fsp3) is 0. The Morgan fingerprint density at radius 2 is 2.33 bits per heavy atom. The number of thiophene rings is 1. The molecule has 0 aliphatic heterocycles. The highest BCUT2D eigenvalue weighted by atomic mass is 79.9. The largest absolute Gasteiger partial charge is 0.365 e. The van der Waals surface area contributed by atoms with Crippen LogP contribution in [0.5, 0.6) is 0 Å². The Morgan fingerprint density at radius 3 is 2.56 bits per heavy atom. The van der Waals surface area contributed by atoms with Crippen LogP contribution < -0.4 is 5.73 Å². The normalized spacial score (nSPS) is 8.00. The topological polar surface area (TPSA) is 43.1 Å². The van der Waals surface area contributed by atoms with E-state index in [1.807, 2.05) is 5.38 Å². The summed E-state index contributed by atoms with van der Waals surface area (Å²) in [7, 11) is 0. The highest BCUT2D eigenvalue weighted by molar-refractivity contribution is 8.93. The third kappa shape index (κ3) is 2.15. The van der Waals surface area contributed by atoms with Crippen LogP contribution in [-0.2, 0) is 0 Å². The first-order valence-corrected chi connectivity index (χ1v) is 3.02. The lowest BCUT2D eigenvalue weighted by Gasteiger charge is -1.80. The van der Waals surface area contributed by atoms with Gasteiger partial charge in [-0.25, -0.2) is 0 Å². The minimum atomic E-state index is -0.347. The zero-order valence-electron chi connectivity index (χ0n) is 4.53. The molecular formula is C5H6BrNOS. The number of carbonyl (C=O) groups excluding carboxylic acids is 1. The van der Waals surface area contributed by atoms with Crippen molar-refractivity contribution < 1.29 is 4.79 Å². The van der Waals surface area contributed by atoms with Crippen LogP contribution in [0.25, 0.3) is 0 Å². The summed E-state index contributed by atoms with van der Waals surface area (Å²) in [5.74, 6) is -0.347. The van der Waals surface area contributed by atoms with E-state index in [9.17, 15) is 4.79 Å². The average molecular weight is 208 g/mol. The monoisotopic (exact) mass is 207 g/mol. The van der Waals surface area contributed by atoms with E-state index in [0.717, 1.165) is 0 Å². The predicted molar refractivity (Wildman–Crippen MR) is 43.2 cm³/mol. The number of nitrogens with two attached hydrogens (primary N) is 1. The number of hydrogen-bond donors (Lipinski definition) is 1. The highest BCUT2D eigenvalue weighted by Crippen LogP contribution is 2.05. The summed E-state index contributed by atoms with van der Waals surface area (Å²) in [6, 6.07) is 3.50. The van der Waals surface area contributed by atoms with Gasteiger partial charge < -0.3 is 5.73 Å². The van der Waals surface area contributed by atoms with E-state index in [1.165, 1.54) is 11.3 Å². The number of carbonyl (C=O) groups is 1. The van der Waals surface area contributed by atoms with Gasteiger partial charge >= 0.3 is 0 Å². The average Bonchev–Trinajstić information content (AvgIpc) is 2.12. The Morgan fingerprint density at radius 1 is 1.67 bits per heavy atom. The van der Waals surface area contributed by atoms with Crippen molar-refractivity contribution in [3.8, 4) is 0 Å². The van der Waals surface area contributed by atoms with Crippen molar-refractivity contribution in [2.45, 2.75) is 0 Å². The molecule has 0 atom stereocenters. The summed E-state index contributed by atoms with van der Waals surface area (Å²) in [6.07, 6.45) is 0. The summed E-state index contributed by atoms with van der Waals surface area (Å²) >= 11 is 1.36. The van der Waals surface area contributed by atoms with Crippen LogP contribution in [0.15, 0.2) is 17.5 Å². The van der Waals surface area contributed by atoms with Gasteiger partial charge in [0.15, 0.2) is 0 Å². The highest BCUT2D eigenvalue weighted by Gasteiger charge is 1.96. The maximum absolute atomic E-state index is 10.3. The van der Waals surface area contributed by atoms with E-state index in [4.69, 9.17) is 5.73 Å². The minimum Gasteiger partial charge on any atom is -0.365 e. The molecule has 2 N–H and O–H groups in total. The van der Waals surface area contributed by atoms with E-state index in [-0.39, 0.29) is 22.9 Å². The molecule has 0 radical (unpaired) electrons. The molecule has 1 aromatic rings. The summed E-state index contributed by atoms with van der Waals surface area (Å²) in [5.41, 5.74) is 4.93. The van der Waals surface area contributed by atoms with Crippen LogP contribution in [0.1, 0.15) is 9.67 Å². The Kier molecular flexibility index (Phi) is 3.49. The Bertz CT molecular complexity index is 185. The first-order valence-electron chi connectivity index (χ1n) is 2.14. The first kappa shape index (κ1) is 8.65. The second kappa shape index (κ2) is 3.63. The molecule has 0 bridgehead atoms. The van der Waals surface area contributed by atoms with Gasteiger partial charge in [0.2, 0.25) is 0 Å². The molecule has 4 heteroatoms. The van der Waals surface area contributed by atoms with Crippen LogP contribution in [-0.4, -0.2) is 5.91 Å². The van der Waals surface area contributed by atoms with Crippen molar-refractivity contribution in [2.24, 2.45) is 5.73 Å². The fourth-order valence-electron chi connectivity index (χ4n) is 0.419. The molecule has 1 aromatic heterocycles. The molecule has 1 rings (SSSR count). The molecule has 9 heavy (non-hydrogen) atoms. The molecule has 0 aliphatic carbocycles. The van der Waals surface area contributed by atoms with Gasteiger partial charge in [0.25, 0.3) is 5.91 Å². The maximum atomic E-state index is 10.3. The van der Waals surface area contributed by atoms with Gasteiger partial charge in [-0.2, -0.15) is 0 Å². The standard InChI is InChI=1S/C5H5NOS.BrH/c6-5(7)4-2-1-3-8-4;/h1-3H,(H2,6,7);1H. The third-order valence-corrected chi connectivity index (χ3v) is 1.65. The van der Waals surface area contributed by atoms with Crippen molar-refractivity contribution in [2.75, 3.05) is 0 Å². The third-order valence-electron chi connectivity index (χ3n) is 0.764. The molecular weight excluding hydrogens is 202 g/mol. The van der Waals surface area contributed by atoms with Crippen LogP contribution in [0.2, 0.25) is 0 Å². The molecule has 0 saturated heterocycles. The Hall–Kier alpha value is -0.350. The Labute approximate surface area is 67.5 Å². The lowest BCUT2D eigenvalue weighted by atomic mass is 10.5. The van der Waals surface area contributed by atoms with Crippen LogP contribution in [0, 0.1) is 0 Å². The molecule has 0 aromatic carbocycles. The minimum absolute atomic E-state index is 0. The van der Waals surface area contributed by atoms with Gasteiger partial charge in [0, 0.05) is 0 Å². The molecule has 0 spiro atoms. The predicted octanol–water partition coefficient (Wildman–Crippen LogP) is 1.42. The zero-order chi connectivity index (χ0) is 5.98. The van der Waals surface area contributed by atoms with Crippen molar-refractivity contribution in [3.05, 3.63) is 22.4 Å².